The summed E-state index contributed by atoms with van der Waals surface area (Å²) < 4.78 is 8.05. The number of hydrogen-bond acceptors (Lipinski definition) is 1. The molecule has 1 nitrogen and oxygen atoms in total. The Morgan fingerprint density at radius 1 is 0.632 bits per heavy atom. The van der Waals surface area contributed by atoms with Crippen LogP contribution in [0.2, 0.25) is 0 Å². The number of fused-ring (bicyclic) bond motifs is 4. The molecule has 0 saturated carbocycles. The second-order valence-corrected chi connectivity index (χ2v) is 6.41. The van der Waals surface area contributed by atoms with Crippen molar-refractivity contribution >= 4 is 64.6 Å². The van der Waals surface area contributed by atoms with E-state index in [4.69, 9.17) is 4.42 Å². The van der Waals surface area contributed by atoms with Crippen molar-refractivity contribution in [2.45, 2.75) is 0 Å². The quantitative estimate of drug-likeness (QED) is 0.353. The lowest BCUT2D eigenvalue weighted by atomic mass is 10.1. The summed E-state index contributed by atoms with van der Waals surface area (Å²) in [5.41, 5.74) is 1.84. The third-order valence-electron chi connectivity index (χ3n) is 3.35. The number of hydrogen-bond donors (Lipinski definition) is 0. The van der Waals surface area contributed by atoms with Gasteiger partial charge in [0.05, 0.1) is 0 Å². The molecule has 0 spiro atoms. The molecule has 0 aliphatic heterocycles. The number of rotatable bonds is 0. The average Bonchev–Trinajstić information content (AvgIpc) is 2.72. The van der Waals surface area contributed by atoms with E-state index in [1.54, 1.807) is 0 Å². The highest BCUT2D eigenvalue weighted by molar-refractivity contribution is 9.10. The molecule has 3 aromatic carbocycles. The Labute approximate surface area is 126 Å². The molecule has 0 atom stereocenters. The van der Waals surface area contributed by atoms with Crippen LogP contribution >= 0.6 is 31.9 Å². The Morgan fingerprint density at radius 2 is 1.37 bits per heavy atom. The molecule has 0 radical (unpaired) electrons. The second kappa shape index (κ2) is 4.09. The minimum absolute atomic E-state index is 0.916. The van der Waals surface area contributed by atoms with E-state index in [1.165, 1.54) is 10.8 Å². The summed E-state index contributed by atoms with van der Waals surface area (Å²) in [6.45, 7) is 0. The van der Waals surface area contributed by atoms with Gasteiger partial charge in [0.2, 0.25) is 0 Å². The largest absolute Gasteiger partial charge is 0.456 e. The molecule has 0 N–H and O–H groups in total. The van der Waals surface area contributed by atoms with Gasteiger partial charge in [-0.1, -0.05) is 37.9 Å². The first-order valence-corrected chi connectivity index (χ1v) is 7.50. The van der Waals surface area contributed by atoms with Crippen LogP contribution in [-0.2, 0) is 0 Å². The summed E-state index contributed by atoms with van der Waals surface area (Å²) in [5, 5.41) is 4.72. The van der Waals surface area contributed by atoms with Gasteiger partial charge in [-0.15, -0.1) is 0 Å². The third-order valence-corrected chi connectivity index (χ3v) is 4.34. The molecule has 1 aromatic heterocycles. The van der Waals surface area contributed by atoms with Crippen LogP contribution in [0.5, 0.6) is 0 Å². The van der Waals surface area contributed by atoms with Crippen LogP contribution in [0, 0.1) is 0 Å². The Morgan fingerprint density at radius 3 is 2.26 bits per heavy atom. The molecule has 0 amide bonds. The molecular formula is C16H8Br2O. The van der Waals surface area contributed by atoms with Gasteiger partial charge in [0.1, 0.15) is 11.2 Å². The van der Waals surface area contributed by atoms with Crippen LogP contribution in [0.3, 0.4) is 0 Å². The zero-order valence-electron chi connectivity index (χ0n) is 9.78. The van der Waals surface area contributed by atoms with Crippen molar-refractivity contribution in [2.24, 2.45) is 0 Å². The normalized spacial score (nSPS) is 11.7. The van der Waals surface area contributed by atoms with E-state index in [9.17, 15) is 0 Å². The summed E-state index contributed by atoms with van der Waals surface area (Å²) in [4.78, 5) is 0. The lowest BCUT2D eigenvalue weighted by Gasteiger charge is -1.98. The lowest BCUT2D eigenvalue weighted by Crippen LogP contribution is -1.73. The first-order valence-electron chi connectivity index (χ1n) is 5.92. The zero-order chi connectivity index (χ0) is 13.0. The Kier molecular flexibility index (Phi) is 2.47. The summed E-state index contributed by atoms with van der Waals surface area (Å²) >= 11 is 6.98. The standard InChI is InChI=1S/C16H8Br2O/c17-11-2-1-9-6-14-13-4-3-12(18)8-16(13)19-15(14)7-10(9)5-11/h1-8H. The molecule has 0 aliphatic carbocycles. The molecule has 0 saturated heterocycles. The molecule has 0 bridgehead atoms. The van der Waals surface area contributed by atoms with Gasteiger partial charge in [-0.2, -0.15) is 0 Å². The van der Waals surface area contributed by atoms with Crippen molar-refractivity contribution in [3.8, 4) is 0 Å². The van der Waals surface area contributed by atoms with Crippen LogP contribution in [0.1, 0.15) is 0 Å². The Hall–Kier alpha value is -1.32. The minimum atomic E-state index is 0.916. The predicted molar refractivity (Wildman–Crippen MR) is 86.6 cm³/mol. The van der Waals surface area contributed by atoms with Crippen molar-refractivity contribution in [1.82, 2.24) is 0 Å². The number of furan rings is 1. The van der Waals surface area contributed by atoms with E-state index < -0.39 is 0 Å². The first-order chi connectivity index (χ1) is 9.20. The lowest BCUT2D eigenvalue weighted by molar-refractivity contribution is 0.669. The monoisotopic (exact) mass is 374 g/mol. The molecule has 19 heavy (non-hydrogen) atoms. The molecule has 3 heteroatoms. The van der Waals surface area contributed by atoms with Gasteiger partial charge in [0.15, 0.2) is 0 Å². The smallest absolute Gasteiger partial charge is 0.136 e. The molecule has 0 unspecified atom stereocenters. The highest BCUT2D eigenvalue weighted by Gasteiger charge is 2.08. The molecule has 92 valence electrons. The first kappa shape index (κ1) is 11.5. The fraction of sp³-hybridized carbons (Fsp3) is 0. The molecule has 4 rings (SSSR count). The van der Waals surface area contributed by atoms with Crippen LogP contribution in [0.25, 0.3) is 32.7 Å². The van der Waals surface area contributed by atoms with Gasteiger partial charge < -0.3 is 4.42 Å². The molecular weight excluding hydrogens is 368 g/mol. The fourth-order valence-electron chi connectivity index (χ4n) is 2.46. The average molecular weight is 376 g/mol. The summed E-state index contributed by atoms with van der Waals surface area (Å²) in [6.07, 6.45) is 0. The molecule has 4 aromatic rings. The maximum absolute atomic E-state index is 5.94. The highest BCUT2D eigenvalue weighted by Crippen LogP contribution is 2.34. The van der Waals surface area contributed by atoms with Crippen molar-refractivity contribution in [3.63, 3.8) is 0 Å². The van der Waals surface area contributed by atoms with Crippen LogP contribution in [0.15, 0.2) is 61.9 Å². The van der Waals surface area contributed by atoms with E-state index in [0.29, 0.717) is 0 Å². The summed E-state index contributed by atoms with van der Waals surface area (Å²) in [7, 11) is 0. The van der Waals surface area contributed by atoms with Gasteiger partial charge in [-0.25, -0.2) is 0 Å². The van der Waals surface area contributed by atoms with Crippen molar-refractivity contribution in [1.29, 1.82) is 0 Å². The van der Waals surface area contributed by atoms with E-state index in [2.05, 4.69) is 68.3 Å². The highest BCUT2D eigenvalue weighted by atomic mass is 79.9. The fourth-order valence-corrected chi connectivity index (χ4v) is 3.18. The van der Waals surface area contributed by atoms with Crippen molar-refractivity contribution < 1.29 is 4.42 Å². The Balaban J connectivity index is 2.19. The molecule has 1 heterocycles. The van der Waals surface area contributed by atoms with Crippen molar-refractivity contribution in [2.75, 3.05) is 0 Å². The van der Waals surface area contributed by atoms with Gasteiger partial charge in [0, 0.05) is 19.7 Å². The predicted octanol–water partition coefficient (Wildman–Crippen LogP) is 6.26. The van der Waals surface area contributed by atoms with E-state index in [0.717, 1.165) is 30.9 Å². The van der Waals surface area contributed by atoms with Crippen LogP contribution < -0.4 is 0 Å². The van der Waals surface area contributed by atoms with Gasteiger partial charge in [-0.3, -0.25) is 0 Å². The Bertz CT molecular complexity index is 929. The van der Waals surface area contributed by atoms with Gasteiger partial charge in [0.25, 0.3) is 0 Å². The molecule has 0 fully saturated rings. The van der Waals surface area contributed by atoms with E-state index in [1.807, 2.05) is 12.1 Å². The van der Waals surface area contributed by atoms with Gasteiger partial charge in [-0.05, 0) is 53.2 Å². The summed E-state index contributed by atoms with van der Waals surface area (Å²) in [5.74, 6) is 0. The molecule has 0 aliphatic rings. The summed E-state index contributed by atoms with van der Waals surface area (Å²) in [6, 6.07) is 16.7. The SMILES string of the molecule is Brc1ccc2cc3c(cc2c1)oc1cc(Br)ccc13. The zero-order valence-corrected chi connectivity index (χ0v) is 13.0. The number of halogens is 2. The topological polar surface area (TPSA) is 13.1 Å². The van der Waals surface area contributed by atoms with E-state index in [-0.39, 0.29) is 0 Å². The third kappa shape index (κ3) is 1.80. The minimum Gasteiger partial charge on any atom is -0.456 e. The number of benzene rings is 3. The van der Waals surface area contributed by atoms with Gasteiger partial charge >= 0.3 is 0 Å². The van der Waals surface area contributed by atoms with Crippen LogP contribution in [0.4, 0.5) is 0 Å². The second-order valence-electron chi connectivity index (χ2n) is 4.58. The maximum Gasteiger partial charge on any atom is 0.136 e. The van der Waals surface area contributed by atoms with E-state index >= 15 is 0 Å². The maximum atomic E-state index is 5.94. The van der Waals surface area contributed by atoms with Crippen molar-refractivity contribution in [3.05, 3.63) is 57.5 Å². The van der Waals surface area contributed by atoms with Crippen LogP contribution in [-0.4, -0.2) is 0 Å².